The van der Waals surface area contributed by atoms with E-state index in [0.29, 0.717) is 18.1 Å². The number of aromatic nitrogens is 2. The molecule has 2 heterocycles. The number of aliphatic hydroxyl groups excluding tert-OH is 1. The third-order valence-electron chi connectivity index (χ3n) is 3.30. The van der Waals surface area contributed by atoms with Gasteiger partial charge in [0, 0.05) is 0 Å². The topological polar surface area (TPSA) is 103 Å². The van der Waals surface area contributed by atoms with Crippen molar-refractivity contribution in [3.05, 3.63) is 47.4 Å². The molecule has 1 aliphatic heterocycles. The maximum absolute atomic E-state index is 10.7. The maximum atomic E-state index is 10.7. The Morgan fingerprint density at radius 1 is 1.41 bits per heavy atom. The van der Waals surface area contributed by atoms with Crippen molar-refractivity contribution >= 4 is 18.1 Å². The van der Waals surface area contributed by atoms with Gasteiger partial charge >= 0.3 is 29.6 Å². The molecule has 0 saturated carbocycles. The van der Waals surface area contributed by atoms with E-state index in [4.69, 9.17) is 0 Å². The van der Waals surface area contributed by atoms with Crippen LogP contribution in [0.2, 0.25) is 0 Å². The molecule has 22 heavy (non-hydrogen) atoms. The molecule has 3 rings (SSSR count). The van der Waals surface area contributed by atoms with Gasteiger partial charge in [0.05, 0.1) is 31.7 Å². The Morgan fingerprint density at radius 3 is 2.82 bits per heavy atom. The molecule has 108 valence electrons. The number of aliphatic imine (C=N–C) groups is 1. The summed E-state index contributed by atoms with van der Waals surface area (Å²) in [5.41, 5.74) is 1.61. The van der Waals surface area contributed by atoms with E-state index in [1.165, 1.54) is 18.5 Å². The van der Waals surface area contributed by atoms with Gasteiger partial charge in [-0.1, -0.05) is 24.3 Å². The van der Waals surface area contributed by atoms with E-state index in [0.717, 1.165) is 5.56 Å². The van der Waals surface area contributed by atoms with E-state index in [2.05, 4.69) is 15.3 Å². The van der Waals surface area contributed by atoms with Crippen LogP contribution in [0.3, 0.4) is 0 Å². The van der Waals surface area contributed by atoms with Gasteiger partial charge in [-0.05, 0) is 11.1 Å². The zero-order chi connectivity index (χ0) is 14.8. The summed E-state index contributed by atoms with van der Waals surface area (Å²) in [6, 6.07) is 6.45. The normalized spacial score (nSPS) is 16.1. The molecule has 7 nitrogen and oxygen atoms in total. The van der Waals surface area contributed by atoms with Crippen LogP contribution in [0.15, 0.2) is 35.6 Å². The van der Waals surface area contributed by atoms with Crippen LogP contribution < -0.4 is 40.0 Å². The summed E-state index contributed by atoms with van der Waals surface area (Å²) in [4.78, 5) is 18.9. The van der Waals surface area contributed by atoms with Crippen LogP contribution in [0, 0.1) is 0 Å². The molecule has 1 aromatic heterocycles. The van der Waals surface area contributed by atoms with Gasteiger partial charge in [0.2, 0.25) is 0 Å². The van der Waals surface area contributed by atoms with Gasteiger partial charge in [0.15, 0.2) is 0 Å². The fourth-order valence-corrected chi connectivity index (χ4v) is 2.21. The van der Waals surface area contributed by atoms with Gasteiger partial charge in [0.25, 0.3) is 0 Å². The van der Waals surface area contributed by atoms with Gasteiger partial charge in [-0.2, -0.15) is 0 Å². The number of aromatic carboxylic acids is 1. The number of hydrogen-bond acceptors (Lipinski definition) is 6. The Kier molecular flexibility index (Phi) is 5.36. The van der Waals surface area contributed by atoms with Crippen LogP contribution in [0.25, 0.3) is 0 Å². The number of aliphatic hydroxyl groups is 1. The van der Waals surface area contributed by atoms with Crippen LogP contribution in [0.5, 0.6) is 0 Å². The second kappa shape index (κ2) is 7.06. The molecule has 0 bridgehead atoms. The van der Waals surface area contributed by atoms with Crippen molar-refractivity contribution in [1.29, 1.82) is 0 Å². The molecule has 0 saturated heterocycles. The number of imidazole rings is 1. The van der Waals surface area contributed by atoms with Crippen molar-refractivity contribution in [2.75, 3.05) is 11.9 Å². The summed E-state index contributed by atoms with van der Waals surface area (Å²) in [5.74, 6) is -0.508. The molecule has 2 N–H and O–H groups in total. The number of nitrogens with one attached hydrogen (secondary N) is 1. The summed E-state index contributed by atoms with van der Waals surface area (Å²) in [6.07, 6.45) is 2.44. The Morgan fingerprint density at radius 2 is 2.14 bits per heavy atom. The minimum Gasteiger partial charge on any atom is -0.545 e. The van der Waals surface area contributed by atoms with Crippen molar-refractivity contribution in [1.82, 2.24) is 9.55 Å². The first-order valence-electron chi connectivity index (χ1n) is 6.43. The SMILES string of the molecule is O=C([O-])c1ccc(Cn2cnc3c2NC=NCC3O)cc1.[Na+]. The number of fused-ring (bicyclic) bond motifs is 1. The smallest absolute Gasteiger partial charge is 0.545 e. The fraction of sp³-hybridized carbons (Fsp3) is 0.214. The van der Waals surface area contributed by atoms with Crippen LogP contribution in [0.4, 0.5) is 5.82 Å². The van der Waals surface area contributed by atoms with Crippen LogP contribution in [-0.4, -0.2) is 33.5 Å². The molecule has 0 spiro atoms. The first-order chi connectivity index (χ1) is 10.1. The Balaban J connectivity index is 0.00000176. The largest absolute Gasteiger partial charge is 1.00 e. The third-order valence-corrected chi connectivity index (χ3v) is 3.30. The quantitative estimate of drug-likeness (QED) is 0.581. The molecule has 1 unspecified atom stereocenters. The number of hydrogen-bond donors (Lipinski definition) is 2. The second-order valence-electron chi connectivity index (χ2n) is 4.75. The molecule has 8 heteroatoms. The van der Waals surface area contributed by atoms with Gasteiger partial charge in [-0.25, -0.2) is 4.98 Å². The summed E-state index contributed by atoms with van der Waals surface area (Å²) in [7, 11) is 0. The standard InChI is InChI=1S/C14H14N4O3.Na/c19-11-5-15-7-16-13-12(11)17-8-18(13)6-9-1-3-10(4-2-9)14(20)21;/h1-4,7-8,11,19H,5-6H2,(H,15,16)(H,20,21);/q;+1/p-1. The molecule has 0 fully saturated rings. The molecular formula is C14H13N4NaO3. The minimum atomic E-state index is -1.20. The number of carbonyl (C=O) groups is 1. The number of benzene rings is 1. The number of anilines is 1. The molecule has 1 aromatic carbocycles. The van der Waals surface area contributed by atoms with Gasteiger partial charge in [0.1, 0.15) is 17.6 Å². The molecular weight excluding hydrogens is 295 g/mol. The van der Waals surface area contributed by atoms with Gasteiger partial charge < -0.3 is 24.9 Å². The van der Waals surface area contributed by atoms with E-state index in [-0.39, 0.29) is 41.7 Å². The second-order valence-corrected chi connectivity index (χ2v) is 4.75. The van der Waals surface area contributed by atoms with Crippen molar-refractivity contribution in [2.45, 2.75) is 12.6 Å². The third kappa shape index (κ3) is 3.38. The Labute approximate surface area is 149 Å². The van der Waals surface area contributed by atoms with Crippen LogP contribution in [-0.2, 0) is 6.54 Å². The van der Waals surface area contributed by atoms with E-state index in [1.54, 1.807) is 18.5 Å². The van der Waals surface area contributed by atoms with Gasteiger partial charge in [-0.3, -0.25) is 4.99 Å². The number of carboxylic acid groups (broad SMARTS) is 1. The molecule has 0 amide bonds. The van der Waals surface area contributed by atoms with E-state index in [9.17, 15) is 15.0 Å². The summed E-state index contributed by atoms with van der Waals surface area (Å²) in [6.45, 7) is 0.778. The summed E-state index contributed by atoms with van der Waals surface area (Å²) in [5, 5.41) is 23.6. The number of rotatable bonds is 3. The zero-order valence-corrected chi connectivity index (χ0v) is 14.1. The number of carbonyl (C=O) groups excluding carboxylic acids is 1. The van der Waals surface area contributed by atoms with E-state index in [1.807, 2.05) is 4.57 Å². The van der Waals surface area contributed by atoms with Crippen molar-refractivity contribution in [3.63, 3.8) is 0 Å². The first kappa shape index (κ1) is 16.7. The fourth-order valence-electron chi connectivity index (χ4n) is 2.21. The monoisotopic (exact) mass is 308 g/mol. The van der Waals surface area contributed by atoms with Crippen molar-refractivity contribution in [3.8, 4) is 0 Å². The Bertz CT molecular complexity index is 697. The molecule has 2 aromatic rings. The molecule has 1 aliphatic rings. The first-order valence-corrected chi connectivity index (χ1v) is 6.43. The zero-order valence-electron chi connectivity index (χ0n) is 12.1. The van der Waals surface area contributed by atoms with Crippen LogP contribution in [0.1, 0.15) is 27.7 Å². The average Bonchev–Trinajstić information content (AvgIpc) is 2.77. The summed E-state index contributed by atoms with van der Waals surface area (Å²) < 4.78 is 1.84. The van der Waals surface area contributed by atoms with E-state index < -0.39 is 12.1 Å². The maximum Gasteiger partial charge on any atom is 1.00 e. The van der Waals surface area contributed by atoms with Crippen molar-refractivity contribution in [2.24, 2.45) is 4.99 Å². The predicted molar refractivity (Wildman–Crippen MR) is 74.0 cm³/mol. The summed E-state index contributed by atoms with van der Waals surface area (Å²) >= 11 is 0. The average molecular weight is 308 g/mol. The Hall–Kier alpha value is -1.67. The molecule has 1 atom stereocenters. The molecule has 0 radical (unpaired) electrons. The van der Waals surface area contributed by atoms with Crippen LogP contribution >= 0.6 is 0 Å². The number of nitrogens with zero attached hydrogens (tertiary/aromatic N) is 3. The minimum absolute atomic E-state index is 0. The number of carboxylic acids is 1. The van der Waals surface area contributed by atoms with Gasteiger partial charge in [-0.15, -0.1) is 0 Å². The van der Waals surface area contributed by atoms with Crippen molar-refractivity contribution < 1.29 is 44.6 Å². The molecule has 0 aliphatic carbocycles. The van der Waals surface area contributed by atoms with E-state index >= 15 is 0 Å². The predicted octanol–water partition coefficient (Wildman–Crippen LogP) is -3.21.